The maximum absolute atomic E-state index is 13.4. The smallest absolute Gasteiger partial charge is 0.264 e. The van der Waals surface area contributed by atoms with Gasteiger partial charge in [0.25, 0.3) is 10.0 Å². The predicted molar refractivity (Wildman–Crippen MR) is 152 cm³/mol. The van der Waals surface area contributed by atoms with Crippen LogP contribution in [0.25, 0.3) is 0 Å². The Hall–Kier alpha value is -2.87. The van der Waals surface area contributed by atoms with Crippen molar-refractivity contribution < 1.29 is 31.1 Å². The molecule has 1 saturated heterocycles. The summed E-state index contributed by atoms with van der Waals surface area (Å²) >= 11 is 12.0. The van der Waals surface area contributed by atoms with E-state index in [9.17, 15) is 21.6 Å². The zero-order chi connectivity index (χ0) is 28.8. The van der Waals surface area contributed by atoms with Crippen LogP contribution in [0.5, 0.6) is 5.75 Å². The van der Waals surface area contributed by atoms with E-state index in [1.807, 2.05) is 0 Å². The molecule has 0 unspecified atom stereocenters. The lowest BCUT2D eigenvalue weighted by Gasteiger charge is -2.26. The number of ether oxygens (including phenoxy) is 2. The molecule has 0 saturated carbocycles. The molecule has 0 spiro atoms. The molecule has 1 N–H and O–H groups in total. The fraction of sp³-hybridized carbons (Fsp3) is 0.269. The van der Waals surface area contributed by atoms with Crippen LogP contribution in [0.15, 0.2) is 82.6 Å². The molecule has 214 valence electrons. The molecule has 1 amide bonds. The number of hydrogen-bond acceptors (Lipinski definition) is 7. The second kappa shape index (κ2) is 13.2. The Morgan fingerprint density at radius 1 is 0.900 bits per heavy atom. The van der Waals surface area contributed by atoms with Gasteiger partial charge in [0, 0.05) is 23.1 Å². The first-order valence-corrected chi connectivity index (χ1v) is 15.8. The van der Waals surface area contributed by atoms with Gasteiger partial charge in [0.2, 0.25) is 15.9 Å². The minimum atomic E-state index is -4.12. The summed E-state index contributed by atoms with van der Waals surface area (Å²) in [5.74, 6) is -0.144. The maximum Gasteiger partial charge on any atom is 0.264 e. The van der Waals surface area contributed by atoms with Crippen molar-refractivity contribution in [3.05, 3.63) is 82.8 Å². The van der Waals surface area contributed by atoms with Crippen molar-refractivity contribution in [1.82, 2.24) is 9.62 Å². The highest BCUT2D eigenvalue weighted by molar-refractivity contribution is 7.92. The number of nitrogens with zero attached hydrogens (tertiary/aromatic N) is 2. The lowest BCUT2D eigenvalue weighted by Crippen LogP contribution is -2.41. The Labute approximate surface area is 243 Å². The highest BCUT2D eigenvalue weighted by atomic mass is 35.5. The summed E-state index contributed by atoms with van der Waals surface area (Å²) in [6.45, 7) is 0.969. The van der Waals surface area contributed by atoms with Crippen LogP contribution < -0.4 is 14.4 Å². The van der Waals surface area contributed by atoms with Gasteiger partial charge in [-0.05, 0) is 66.7 Å². The molecule has 3 aromatic carbocycles. The van der Waals surface area contributed by atoms with Crippen LogP contribution in [-0.2, 0) is 29.6 Å². The molecule has 0 atom stereocenters. The lowest BCUT2D eigenvalue weighted by atomic mass is 10.3. The van der Waals surface area contributed by atoms with E-state index in [2.05, 4.69) is 5.32 Å². The van der Waals surface area contributed by atoms with Crippen molar-refractivity contribution in [1.29, 1.82) is 0 Å². The zero-order valence-corrected chi connectivity index (χ0v) is 24.3. The van der Waals surface area contributed by atoms with Crippen LogP contribution in [0.1, 0.15) is 0 Å². The maximum atomic E-state index is 13.4. The molecule has 0 radical (unpaired) electrons. The van der Waals surface area contributed by atoms with Crippen molar-refractivity contribution in [2.75, 3.05) is 50.3 Å². The molecule has 1 aliphatic rings. The summed E-state index contributed by atoms with van der Waals surface area (Å²) in [5, 5.41) is 3.33. The second-order valence-corrected chi connectivity index (χ2v) is 13.3. The van der Waals surface area contributed by atoms with Gasteiger partial charge < -0.3 is 14.8 Å². The molecule has 4 rings (SSSR count). The Balaban J connectivity index is 1.35. The third-order valence-corrected chi connectivity index (χ3v) is 10.1. The van der Waals surface area contributed by atoms with Crippen LogP contribution >= 0.6 is 23.2 Å². The number of nitrogens with one attached hydrogen (secondary N) is 1. The van der Waals surface area contributed by atoms with E-state index in [0.717, 1.165) is 4.31 Å². The molecule has 1 fully saturated rings. The molecular weight excluding hydrogens is 601 g/mol. The number of amides is 1. The number of halogens is 2. The second-order valence-electron chi connectivity index (χ2n) is 8.63. The van der Waals surface area contributed by atoms with Gasteiger partial charge in [0.05, 0.1) is 35.2 Å². The van der Waals surface area contributed by atoms with E-state index < -0.39 is 32.5 Å². The molecule has 3 aromatic rings. The first-order chi connectivity index (χ1) is 19.1. The van der Waals surface area contributed by atoms with Crippen LogP contribution in [0.4, 0.5) is 5.69 Å². The number of carbonyl (C=O) groups is 1. The molecule has 0 bridgehead atoms. The van der Waals surface area contributed by atoms with Gasteiger partial charge in [-0.25, -0.2) is 16.8 Å². The summed E-state index contributed by atoms with van der Waals surface area (Å²) in [4.78, 5) is 12.9. The number of anilines is 1. The van der Waals surface area contributed by atoms with Crippen LogP contribution in [0, 0.1) is 0 Å². The van der Waals surface area contributed by atoms with E-state index in [1.165, 1.54) is 58.9 Å². The molecule has 0 aliphatic carbocycles. The summed E-state index contributed by atoms with van der Waals surface area (Å²) < 4.78 is 65.4. The van der Waals surface area contributed by atoms with E-state index in [4.69, 9.17) is 32.7 Å². The van der Waals surface area contributed by atoms with Gasteiger partial charge in [-0.3, -0.25) is 9.10 Å². The van der Waals surface area contributed by atoms with Gasteiger partial charge in [-0.1, -0.05) is 29.3 Å². The summed E-state index contributed by atoms with van der Waals surface area (Å²) in [6.07, 6.45) is 0. The third kappa shape index (κ3) is 7.45. The molecule has 1 heterocycles. The van der Waals surface area contributed by atoms with Gasteiger partial charge >= 0.3 is 0 Å². The van der Waals surface area contributed by atoms with Gasteiger partial charge in [-0.2, -0.15) is 4.31 Å². The summed E-state index contributed by atoms with van der Waals surface area (Å²) in [5.41, 5.74) is 0.223. The van der Waals surface area contributed by atoms with Crippen LogP contribution in [-0.4, -0.2) is 73.0 Å². The Morgan fingerprint density at radius 2 is 1.55 bits per heavy atom. The largest absolute Gasteiger partial charge is 0.492 e. The highest BCUT2D eigenvalue weighted by Gasteiger charge is 2.28. The van der Waals surface area contributed by atoms with Crippen molar-refractivity contribution in [3.8, 4) is 5.75 Å². The first kappa shape index (κ1) is 30.1. The number of hydrogen-bond donors (Lipinski definition) is 1. The number of sulfonamides is 2. The Morgan fingerprint density at radius 3 is 2.20 bits per heavy atom. The van der Waals surface area contributed by atoms with Crippen LogP contribution in [0.3, 0.4) is 0 Å². The fourth-order valence-corrected chi connectivity index (χ4v) is 7.00. The SMILES string of the molecule is O=C(CN(c1cccc(Cl)c1)S(=O)(=O)c1ccc(Cl)cc1)NCCOc1ccc(S(=O)(=O)N2CCOCC2)cc1. The standard InChI is InChI=1S/C26H27Cl2N3O7S2/c27-20-4-8-25(9-5-20)40(35,36)31(22-3-1-2-21(28)18-22)19-26(32)29-12-15-38-23-6-10-24(11-7-23)39(33,34)30-13-16-37-17-14-30/h1-11,18H,12-17,19H2,(H,29,32). The van der Waals surface area contributed by atoms with Crippen molar-refractivity contribution in [2.45, 2.75) is 9.79 Å². The number of morpholine rings is 1. The van der Waals surface area contributed by atoms with Gasteiger partial charge in [-0.15, -0.1) is 0 Å². The Kier molecular flexibility index (Phi) is 9.93. The van der Waals surface area contributed by atoms with Gasteiger partial charge in [0.1, 0.15) is 18.9 Å². The topological polar surface area (TPSA) is 122 Å². The normalized spacial score (nSPS) is 14.4. The first-order valence-electron chi connectivity index (χ1n) is 12.2. The van der Waals surface area contributed by atoms with Crippen molar-refractivity contribution in [2.24, 2.45) is 0 Å². The summed E-state index contributed by atoms with van der Waals surface area (Å²) in [6, 6.07) is 17.8. The zero-order valence-electron chi connectivity index (χ0n) is 21.2. The quantitative estimate of drug-likeness (QED) is 0.323. The summed E-state index contributed by atoms with van der Waals surface area (Å²) in [7, 11) is -7.73. The average Bonchev–Trinajstić information content (AvgIpc) is 2.95. The monoisotopic (exact) mass is 627 g/mol. The minimum Gasteiger partial charge on any atom is -0.492 e. The number of rotatable bonds is 11. The number of benzene rings is 3. The fourth-order valence-electron chi connectivity index (χ4n) is 3.87. The molecule has 0 aromatic heterocycles. The average molecular weight is 629 g/mol. The highest BCUT2D eigenvalue weighted by Crippen LogP contribution is 2.27. The van der Waals surface area contributed by atoms with E-state index >= 15 is 0 Å². The molecule has 40 heavy (non-hydrogen) atoms. The molecule has 10 nitrogen and oxygen atoms in total. The van der Waals surface area contributed by atoms with Crippen molar-refractivity contribution >= 4 is 54.8 Å². The Bertz CT molecular complexity index is 1530. The number of carbonyl (C=O) groups excluding carboxylic acids is 1. The predicted octanol–water partition coefficient (Wildman–Crippen LogP) is 3.40. The molecular formula is C26H27Cl2N3O7S2. The van der Waals surface area contributed by atoms with E-state index in [0.29, 0.717) is 42.1 Å². The van der Waals surface area contributed by atoms with Crippen LogP contribution in [0.2, 0.25) is 10.0 Å². The minimum absolute atomic E-state index is 0.0351. The van der Waals surface area contributed by atoms with E-state index in [-0.39, 0.29) is 28.6 Å². The van der Waals surface area contributed by atoms with Gasteiger partial charge in [0.15, 0.2) is 0 Å². The molecule has 1 aliphatic heterocycles. The lowest BCUT2D eigenvalue weighted by molar-refractivity contribution is -0.119. The molecule has 14 heteroatoms. The van der Waals surface area contributed by atoms with Crippen molar-refractivity contribution in [3.63, 3.8) is 0 Å². The van der Waals surface area contributed by atoms with E-state index in [1.54, 1.807) is 18.2 Å². The third-order valence-electron chi connectivity index (χ3n) is 5.91.